The van der Waals surface area contributed by atoms with E-state index >= 15 is 0 Å². The van der Waals surface area contributed by atoms with Crippen LogP contribution in [0.5, 0.6) is 0 Å². The summed E-state index contributed by atoms with van der Waals surface area (Å²) < 4.78 is 1.25. The second-order valence-corrected chi connectivity index (χ2v) is 2.26. The summed E-state index contributed by atoms with van der Waals surface area (Å²) in [4.78, 5) is 0. The molecular formula is C4H10IN. The van der Waals surface area contributed by atoms with Crippen molar-refractivity contribution < 1.29 is 0 Å². The Labute approximate surface area is 52.4 Å². The van der Waals surface area contributed by atoms with Crippen molar-refractivity contribution in [2.45, 2.75) is 12.8 Å². The zero-order valence-electron chi connectivity index (χ0n) is 3.78. The molecule has 0 saturated heterocycles. The van der Waals surface area contributed by atoms with Crippen LogP contribution in [0.25, 0.3) is 0 Å². The van der Waals surface area contributed by atoms with Crippen LogP contribution in [0.1, 0.15) is 12.8 Å². The lowest BCUT2D eigenvalue weighted by Crippen LogP contribution is -1.97. The molecule has 0 atom stereocenters. The van der Waals surface area contributed by atoms with Crippen molar-refractivity contribution in [2.24, 2.45) is 5.73 Å². The zero-order chi connectivity index (χ0) is 4.83. The van der Waals surface area contributed by atoms with Crippen molar-refractivity contribution in [3.05, 3.63) is 0 Å². The molecule has 0 amide bonds. The molecule has 0 spiro atoms. The van der Waals surface area contributed by atoms with Gasteiger partial charge in [-0.15, -0.1) is 0 Å². The molecule has 0 aliphatic heterocycles. The van der Waals surface area contributed by atoms with E-state index in [4.69, 9.17) is 5.73 Å². The maximum absolute atomic E-state index is 5.21. The predicted molar refractivity (Wildman–Crippen MR) is 37.2 cm³/mol. The lowest BCUT2D eigenvalue weighted by Gasteiger charge is -1.85. The Kier molecular flexibility index (Phi) is 6.34. The van der Waals surface area contributed by atoms with Gasteiger partial charge in [-0.05, 0) is 23.8 Å². The molecule has 0 aromatic rings. The Morgan fingerprint density at radius 2 is 2.00 bits per heavy atom. The summed E-state index contributed by atoms with van der Waals surface area (Å²) in [5, 5.41) is 0. The number of hydrogen-bond donors (Lipinski definition) is 1. The maximum Gasteiger partial charge on any atom is -0.000426 e. The van der Waals surface area contributed by atoms with Crippen LogP contribution in [-0.2, 0) is 0 Å². The Bertz CT molecular complexity index is 19.5. The highest BCUT2D eigenvalue weighted by Crippen LogP contribution is 1.90. The van der Waals surface area contributed by atoms with Crippen LogP contribution in [0.4, 0.5) is 0 Å². The Hall–Kier alpha value is 0.690. The van der Waals surface area contributed by atoms with E-state index in [0.717, 1.165) is 6.54 Å². The minimum atomic E-state index is 0.850. The van der Waals surface area contributed by atoms with Gasteiger partial charge in [0.15, 0.2) is 0 Å². The van der Waals surface area contributed by atoms with Gasteiger partial charge < -0.3 is 5.73 Å². The lowest BCUT2D eigenvalue weighted by molar-refractivity contribution is 0.822. The molecule has 0 bridgehead atoms. The molecule has 0 aromatic carbocycles. The van der Waals surface area contributed by atoms with E-state index in [-0.39, 0.29) is 0 Å². The molecule has 1 nitrogen and oxygen atoms in total. The van der Waals surface area contributed by atoms with Crippen molar-refractivity contribution in [1.29, 1.82) is 0 Å². The number of halogens is 1. The molecule has 0 unspecified atom stereocenters. The van der Waals surface area contributed by atoms with Crippen molar-refractivity contribution in [2.75, 3.05) is 11.0 Å². The standard InChI is InChI=1S/C4H10IN/c5-3-1-2-4-6/h1-4,6H2. The van der Waals surface area contributed by atoms with E-state index in [1.54, 1.807) is 0 Å². The first kappa shape index (κ1) is 6.69. The van der Waals surface area contributed by atoms with Crippen LogP contribution in [-0.4, -0.2) is 11.0 Å². The summed E-state index contributed by atoms with van der Waals surface area (Å²) in [5.41, 5.74) is 5.21. The third-order valence-corrected chi connectivity index (χ3v) is 1.35. The van der Waals surface area contributed by atoms with E-state index in [9.17, 15) is 0 Å². The summed E-state index contributed by atoms with van der Waals surface area (Å²) in [7, 11) is 0. The average Bonchev–Trinajstić information content (AvgIpc) is 1.61. The van der Waals surface area contributed by atoms with Gasteiger partial charge in [0.1, 0.15) is 0 Å². The molecular weight excluding hydrogens is 189 g/mol. The van der Waals surface area contributed by atoms with Gasteiger partial charge in [0.05, 0.1) is 0 Å². The highest BCUT2D eigenvalue weighted by molar-refractivity contribution is 14.1. The van der Waals surface area contributed by atoms with Crippen LogP contribution in [0.3, 0.4) is 0 Å². The van der Waals surface area contributed by atoms with Gasteiger partial charge in [0.2, 0.25) is 0 Å². The van der Waals surface area contributed by atoms with E-state index < -0.39 is 0 Å². The first-order valence-corrected chi connectivity index (χ1v) is 3.70. The van der Waals surface area contributed by atoms with Gasteiger partial charge in [-0.1, -0.05) is 22.6 Å². The molecule has 0 fully saturated rings. The fraction of sp³-hybridized carbons (Fsp3) is 1.00. The summed E-state index contributed by atoms with van der Waals surface area (Å²) in [5.74, 6) is 0. The molecule has 0 aliphatic rings. The molecule has 6 heavy (non-hydrogen) atoms. The molecule has 0 rings (SSSR count). The Balaban J connectivity index is 2.34. The van der Waals surface area contributed by atoms with Crippen molar-refractivity contribution in [1.82, 2.24) is 0 Å². The smallest absolute Gasteiger partial charge is 0.000426 e. The molecule has 2 heteroatoms. The van der Waals surface area contributed by atoms with Crippen molar-refractivity contribution in [3.63, 3.8) is 0 Å². The maximum atomic E-state index is 5.21. The van der Waals surface area contributed by atoms with Crippen LogP contribution in [0.2, 0.25) is 0 Å². The fourth-order valence-corrected chi connectivity index (χ4v) is 0.778. The molecule has 0 aromatic heterocycles. The quantitative estimate of drug-likeness (QED) is 0.412. The minimum Gasteiger partial charge on any atom is -0.330 e. The normalized spacial score (nSPS) is 9.00. The number of rotatable bonds is 3. The highest BCUT2D eigenvalue weighted by Gasteiger charge is 1.76. The average molecular weight is 199 g/mol. The second-order valence-electron chi connectivity index (χ2n) is 1.18. The van der Waals surface area contributed by atoms with Crippen LogP contribution in [0, 0.1) is 0 Å². The zero-order valence-corrected chi connectivity index (χ0v) is 5.94. The first-order valence-electron chi connectivity index (χ1n) is 2.18. The van der Waals surface area contributed by atoms with Gasteiger partial charge in [-0.25, -0.2) is 0 Å². The molecule has 0 aliphatic carbocycles. The molecule has 0 radical (unpaired) electrons. The van der Waals surface area contributed by atoms with Gasteiger partial charge >= 0.3 is 0 Å². The molecule has 2 N–H and O–H groups in total. The monoisotopic (exact) mass is 199 g/mol. The fourth-order valence-electron chi connectivity index (χ4n) is 0.239. The Morgan fingerprint density at radius 3 is 2.17 bits per heavy atom. The highest BCUT2D eigenvalue weighted by atomic mass is 127. The summed E-state index contributed by atoms with van der Waals surface area (Å²) in [6.07, 6.45) is 2.46. The van der Waals surface area contributed by atoms with Gasteiger partial charge in [0.25, 0.3) is 0 Å². The minimum absolute atomic E-state index is 0.850. The van der Waals surface area contributed by atoms with Crippen LogP contribution in [0.15, 0.2) is 0 Å². The lowest BCUT2D eigenvalue weighted by atomic mass is 10.3. The van der Waals surface area contributed by atoms with E-state index in [1.807, 2.05) is 0 Å². The van der Waals surface area contributed by atoms with Gasteiger partial charge in [-0.3, -0.25) is 0 Å². The van der Waals surface area contributed by atoms with E-state index in [1.165, 1.54) is 17.3 Å². The first-order chi connectivity index (χ1) is 2.91. The summed E-state index contributed by atoms with van der Waals surface area (Å²) >= 11 is 2.36. The Morgan fingerprint density at radius 1 is 1.33 bits per heavy atom. The van der Waals surface area contributed by atoms with Crippen LogP contribution < -0.4 is 5.73 Å². The number of unbranched alkanes of at least 4 members (excludes halogenated alkanes) is 1. The van der Waals surface area contributed by atoms with Gasteiger partial charge in [0, 0.05) is 0 Å². The number of nitrogens with two attached hydrogens (primary N) is 1. The molecule has 0 heterocycles. The topological polar surface area (TPSA) is 26.0 Å². The number of alkyl halides is 1. The third-order valence-electron chi connectivity index (χ3n) is 0.588. The third kappa shape index (κ3) is 4.69. The van der Waals surface area contributed by atoms with Gasteiger partial charge in [-0.2, -0.15) is 0 Å². The molecule has 0 saturated carbocycles. The van der Waals surface area contributed by atoms with Crippen LogP contribution >= 0.6 is 22.6 Å². The van der Waals surface area contributed by atoms with E-state index in [0.29, 0.717) is 0 Å². The SMILES string of the molecule is NCCCCI. The largest absolute Gasteiger partial charge is 0.330 e. The predicted octanol–water partition coefficient (Wildman–Crippen LogP) is 1.16. The van der Waals surface area contributed by atoms with E-state index in [2.05, 4.69) is 22.6 Å². The second kappa shape index (κ2) is 5.69. The molecule has 38 valence electrons. The summed E-state index contributed by atoms with van der Waals surface area (Å²) in [6, 6.07) is 0. The number of hydrogen-bond acceptors (Lipinski definition) is 1. The van der Waals surface area contributed by atoms with Crippen molar-refractivity contribution >= 4 is 22.6 Å². The van der Waals surface area contributed by atoms with Crippen molar-refractivity contribution in [3.8, 4) is 0 Å². The summed E-state index contributed by atoms with van der Waals surface area (Å²) in [6.45, 7) is 0.850.